The average molecular weight is 293 g/mol. The zero-order chi connectivity index (χ0) is 14.8. The third-order valence-corrected chi connectivity index (χ3v) is 4.71. The van der Waals surface area contributed by atoms with Crippen molar-refractivity contribution in [2.45, 2.75) is 13.0 Å². The van der Waals surface area contributed by atoms with Gasteiger partial charge in [-0.2, -0.15) is 0 Å². The number of halogens is 1. The molecule has 4 nitrogen and oxygen atoms in total. The minimum Gasteiger partial charge on any atom is -0.490 e. The summed E-state index contributed by atoms with van der Waals surface area (Å²) in [5, 5.41) is 0. The van der Waals surface area contributed by atoms with Crippen LogP contribution in [-0.4, -0.2) is 55.7 Å². The van der Waals surface area contributed by atoms with Gasteiger partial charge in [0.25, 0.3) is 0 Å². The van der Waals surface area contributed by atoms with E-state index in [4.69, 9.17) is 10.5 Å². The van der Waals surface area contributed by atoms with Gasteiger partial charge in [-0.25, -0.2) is 4.39 Å². The second-order valence-electron chi connectivity index (χ2n) is 5.99. The highest BCUT2D eigenvalue weighted by Crippen LogP contribution is 2.36. The first-order chi connectivity index (χ1) is 10.2. The fourth-order valence-corrected chi connectivity index (χ4v) is 3.27. The maximum Gasteiger partial charge on any atom is 0.165 e. The third-order valence-electron chi connectivity index (χ3n) is 4.71. The number of nitrogens with zero attached hydrogens (tertiary/aromatic N) is 2. The van der Waals surface area contributed by atoms with Crippen LogP contribution in [0.4, 0.5) is 4.39 Å². The van der Waals surface area contributed by atoms with Crippen molar-refractivity contribution < 1.29 is 9.13 Å². The summed E-state index contributed by atoms with van der Waals surface area (Å²) in [6.07, 6.45) is 0. The van der Waals surface area contributed by atoms with Gasteiger partial charge < -0.3 is 20.3 Å². The van der Waals surface area contributed by atoms with E-state index < -0.39 is 0 Å². The van der Waals surface area contributed by atoms with Crippen molar-refractivity contribution in [3.8, 4) is 5.75 Å². The molecule has 0 aliphatic carbocycles. The number of nitrogens with two attached hydrogens (primary N) is 1. The van der Waals surface area contributed by atoms with E-state index in [-0.39, 0.29) is 17.8 Å². The van der Waals surface area contributed by atoms with E-state index >= 15 is 0 Å². The molecule has 2 atom stereocenters. The van der Waals surface area contributed by atoms with E-state index in [1.807, 2.05) is 6.07 Å². The maximum absolute atomic E-state index is 13.7. The predicted octanol–water partition coefficient (Wildman–Crippen LogP) is 1.47. The first-order valence-corrected chi connectivity index (χ1v) is 7.80. The quantitative estimate of drug-likeness (QED) is 0.916. The van der Waals surface area contributed by atoms with E-state index in [1.165, 1.54) is 6.07 Å². The number of benzene rings is 1. The fraction of sp³-hybridized carbons (Fsp3) is 0.625. The number of hydrogen-bond acceptors (Lipinski definition) is 4. The topological polar surface area (TPSA) is 41.7 Å². The van der Waals surface area contributed by atoms with E-state index in [0.29, 0.717) is 12.4 Å². The molecule has 2 N–H and O–H groups in total. The van der Waals surface area contributed by atoms with Crippen LogP contribution in [0, 0.1) is 11.7 Å². The van der Waals surface area contributed by atoms with Gasteiger partial charge in [0.2, 0.25) is 0 Å². The molecule has 1 aromatic rings. The first kappa shape index (κ1) is 14.8. The molecular weight excluding hydrogens is 269 g/mol. The second kappa shape index (κ2) is 6.30. The van der Waals surface area contributed by atoms with Crippen molar-refractivity contribution in [3.63, 3.8) is 0 Å². The van der Waals surface area contributed by atoms with Crippen molar-refractivity contribution in [2.24, 2.45) is 11.7 Å². The van der Waals surface area contributed by atoms with Gasteiger partial charge in [-0.15, -0.1) is 0 Å². The van der Waals surface area contributed by atoms with E-state index in [9.17, 15) is 4.39 Å². The van der Waals surface area contributed by atoms with Crippen LogP contribution in [-0.2, 0) is 0 Å². The van der Waals surface area contributed by atoms with E-state index in [1.54, 1.807) is 6.07 Å². The Morgan fingerprint density at radius 3 is 2.67 bits per heavy atom. The van der Waals surface area contributed by atoms with Crippen LogP contribution in [0.15, 0.2) is 18.2 Å². The van der Waals surface area contributed by atoms with Gasteiger partial charge in [0, 0.05) is 50.2 Å². The Kier molecular flexibility index (Phi) is 4.42. The summed E-state index contributed by atoms with van der Waals surface area (Å²) in [4.78, 5) is 4.91. The summed E-state index contributed by atoms with van der Waals surface area (Å²) >= 11 is 0. The molecule has 1 fully saturated rings. The number of fused-ring (bicyclic) bond motifs is 1. The summed E-state index contributed by atoms with van der Waals surface area (Å²) in [6, 6.07) is 4.87. The summed E-state index contributed by atoms with van der Waals surface area (Å²) < 4.78 is 19.3. The molecule has 0 amide bonds. The van der Waals surface area contributed by atoms with Gasteiger partial charge in [-0.1, -0.05) is 19.1 Å². The zero-order valence-corrected chi connectivity index (χ0v) is 12.6. The molecule has 2 aliphatic rings. The molecule has 0 spiro atoms. The van der Waals surface area contributed by atoms with Crippen molar-refractivity contribution in [2.75, 3.05) is 45.9 Å². The molecule has 2 aliphatic heterocycles. The zero-order valence-electron chi connectivity index (χ0n) is 12.6. The molecule has 0 aromatic heterocycles. The largest absolute Gasteiger partial charge is 0.490 e. The van der Waals surface area contributed by atoms with Gasteiger partial charge in [0.15, 0.2) is 11.6 Å². The Hall–Kier alpha value is -1.17. The predicted molar refractivity (Wildman–Crippen MR) is 80.9 cm³/mol. The van der Waals surface area contributed by atoms with Crippen molar-refractivity contribution >= 4 is 0 Å². The third kappa shape index (κ3) is 3.05. The van der Waals surface area contributed by atoms with Crippen molar-refractivity contribution in [1.29, 1.82) is 0 Å². The molecular formula is C16H24FN3O. The van der Waals surface area contributed by atoms with Crippen molar-refractivity contribution in [3.05, 3.63) is 29.6 Å². The average Bonchev–Trinajstić information content (AvgIpc) is 2.51. The van der Waals surface area contributed by atoms with Gasteiger partial charge in [-0.05, 0) is 12.6 Å². The van der Waals surface area contributed by atoms with Crippen LogP contribution < -0.4 is 10.5 Å². The Morgan fingerprint density at radius 2 is 1.95 bits per heavy atom. The lowest BCUT2D eigenvalue weighted by atomic mass is 9.90. The molecule has 21 heavy (non-hydrogen) atoms. The van der Waals surface area contributed by atoms with Gasteiger partial charge >= 0.3 is 0 Å². The Balaban J connectivity index is 1.63. The second-order valence-corrected chi connectivity index (χ2v) is 5.99. The van der Waals surface area contributed by atoms with Gasteiger partial charge in [0.05, 0.1) is 6.61 Å². The molecule has 3 rings (SSSR count). The van der Waals surface area contributed by atoms with E-state index in [2.05, 4.69) is 16.7 Å². The van der Waals surface area contributed by atoms with Crippen LogP contribution in [0.5, 0.6) is 5.75 Å². The molecule has 0 saturated carbocycles. The number of likely N-dealkylation sites (N-methyl/N-ethyl adjacent to an activating group) is 1. The number of ether oxygens (including phenoxy) is 1. The fourth-order valence-electron chi connectivity index (χ4n) is 3.27. The lowest BCUT2D eigenvalue weighted by Crippen LogP contribution is -2.49. The van der Waals surface area contributed by atoms with Crippen LogP contribution in [0.1, 0.15) is 18.5 Å². The normalized spacial score (nSPS) is 27.2. The smallest absolute Gasteiger partial charge is 0.165 e. The summed E-state index contributed by atoms with van der Waals surface area (Å²) in [5.74, 6) is 0.266. The molecule has 5 heteroatoms. The van der Waals surface area contributed by atoms with Gasteiger partial charge in [0.1, 0.15) is 0 Å². The highest BCUT2D eigenvalue weighted by atomic mass is 19.1. The number of para-hydroxylation sites is 1. The Morgan fingerprint density at radius 1 is 1.24 bits per heavy atom. The molecule has 2 heterocycles. The van der Waals surface area contributed by atoms with Crippen molar-refractivity contribution in [1.82, 2.24) is 9.80 Å². The van der Waals surface area contributed by atoms with E-state index in [0.717, 1.165) is 44.8 Å². The Bertz CT molecular complexity index is 488. The molecule has 1 saturated heterocycles. The van der Waals surface area contributed by atoms with Crippen LogP contribution in [0.2, 0.25) is 0 Å². The maximum atomic E-state index is 13.7. The highest BCUT2D eigenvalue weighted by molar-refractivity contribution is 5.39. The summed E-state index contributed by atoms with van der Waals surface area (Å²) in [6.45, 7) is 9.13. The molecule has 1 aromatic carbocycles. The highest BCUT2D eigenvalue weighted by Gasteiger charge is 2.31. The lowest BCUT2D eigenvalue weighted by Gasteiger charge is -2.39. The van der Waals surface area contributed by atoms with Crippen LogP contribution >= 0.6 is 0 Å². The SMILES string of the molecule is CCN1CCN(CC2COc3c(F)cccc3C2N)CC1. The van der Waals surface area contributed by atoms with Gasteiger partial charge in [-0.3, -0.25) is 0 Å². The minimum absolute atomic E-state index is 0.145. The molecule has 2 unspecified atom stereocenters. The first-order valence-electron chi connectivity index (χ1n) is 7.80. The number of piperazine rings is 1. The molecule has 0 radical (unpaired) electrons. The number of rotatable bonds is 3. The monoisotopic (exact) mass is 293 g/mol. The standard InChI is InChI=1S/C16H24FN3O/c1-2-19-6-8-20(9-7-19)10-12-11-21-16-13(15(12)18)4-3-5-14(16)17/h3-5,12,15H,2,6-11,18H2,1H3. The number of hydrogen-bond donors (Lipinski definition) is 1. The summed E-state index contributed by atoms with van der Waals surface area (Å²) in [5.41, 5.74) is 7.15. The van der Waals surface area contributed by atoms with Crippen LogP contribution in [0.25, 0.3) is 0 Å². The minimum atomic E-state index is -0.307. The lowest BCUT2D eigenvalue weighted by molar-refractivity contribution is 0.0903. The molecule has 116 valence electrons. The summed E-state index contributed by atoms with van der Waals surface area (Å²) in [7, 11) is 0. The van der Waals surface area contributed by atoms with Crippen LogP contribution in [0.3, 0.4) is 0 Å². The Labute approximate surface area is 125 Å². The molecule has 0 bridgehead atoms.